The van der Waals surface area contributed by atoms with Crippen molar-refractivity contribution in [2.24, 2.45) is 5.73 Å². The summed E-state index contributed by atoms with van der Waals surface area (Å²) in [6.45, 7) is 1.46. The molecule has 0 saturated heterocycles. The van der Waals surface area contributed by atoms with Gasteiger partial charge in [-0.2, -0.15) is 0 Å². The summed E-state index contributed by atoms with van der Waals surface area (Å²) >= 11 is 0. The summed E-state index contributed by atoms with van der Waals surface area (Å²) in [6, 6.07) is 0. The van der Waals surface area contributed by atoms with Gasteiger partial charge in [0.05, 0.1) is 12.9 Å². The van der Waals surface area contributed by atoms with Gasteiger partial charge in [0.25, 0.3) is 0 Å². The number of hydrogen-bond acceptors (Lipinski definition) is 4. The highest BCUT2D eigenvalue weighted by atomic mass is 16.5. The molecule has 1 aromatic heterocycles. The van der Waals surface area contributed by atoms with Crippen molar-refractivity contribution >= 4 is 5.97 Å². The Balaban J connectivity index is 1.89. The average Bonchev–Trinajstić information content (AvgIpc) is 2.81. The van der Waals surface area contributed by atoms with E-state index < -0.39 is 0 Å². The minimum atomic E-state index is -0.370. The Hall–Kier alpha value is -1.78. The van der Waals surface area contributed by atoms with Gasteiger partial charge in [-0.15, -0.1) is 0 Å². The standard InChI is InChI=1S/C12H19N3O2/c13-6-5-12(16)17-10-4-2-1-3-8-15-9-7-14-11-15/h5-7,9,11H,1-4,8,10,13H2/b6-5-. The van der Waals surface area contributed by atoms with Crippen molar-refractivity contribution in [1.29, 1.82) is 0 Å². The number of carbonyl (C=O) groups excluding carboxylic acids is 1. The number of imidazole rings is 1. The van der Waals surface area contributed by atoms with E-state index in [0.717, 1.165) is 32.2 Å². The number of rotatable bonds is 8. The van der Waals surface area contributed by atoms with Crippen LogP contribution in [-0.4, -0.2) is 22.1 Å². The molecular weight excluding hydrogens is 218 g/mol. The Bertz CT molecular complexity index is 334. The van der Waals surface area contributed by atoms with Gasteiger partial charge < -0.3 is 15.0 Å². The molecule has 1 heterocycles. The molecule has 0 saturated carbocycles. The van der Waals surface area contributed by atoms with Gasteiger partial charge in [-0.1, -0.05) is 6.42 Å². The molecule has 0 radical (unpaired) electrons. The second kappa shape index (κ2) is 8.38. The van der Waals surface area contributed by atoms with Gasteiger partial charge in [-0.25, -0.2) is 9.78 Å². The first-order valence-electron chi connectivity index (χ1n) is 5.83. The minimum absolute atomic E-state index is 0.370. The molecule has 0 fully saturated rings. The monoisotopic (exact) mass is 237 g/mol. The summed E-state index contributed by atoms with van der Waals surface area (Å²) in [7, 11) is 0. The molecule has 0 unspecified atom stereocenters. The molecule has 94 valence electrons. The molecule has 17 heavy (non-hydrogen) atoms. The highest BCUT2D eigenvalue weighted by Gasteiger charge is 1.96. The van der Waals surface area contributed by atoms with Crippen LogP contribution in [0.3, 0.4) is 0 Å². The molecule has 5 heteroatoms. The summed E-state index contributed by atoms with van der Waals surface area (Å²) in [4.78, 5) is 14.9. The normalized spacial score (nSPS) is 10.8. The first-order valence-corrected chi connectivity index (χ1v) is 5.83. The maximum atomic E-state index is 10.9. The van der Waals surface area contributed by atoms with Crippen molar-refractivity contribution in [1.82, 2.24) is 9.55 Å². The summed E-state index contributed by atoms with van der Waals surface area (Å²) in [5, 5.41) is 0. The van der Waals surface area contributed by atoms with Gasteiger partial charge in [-0.05, 0) is 19.3 Å². The third-order valence-electron chi connectivity index (χ3n) is 2.35. The van der Waals surface area contributed by atoms with Gasteiger partial charge in [-0.3, -0.25) is 0 Å². The molecule has 0 aliphatic rings. The Morgan fingerprint density at radius 3 is 2.88 bits per heavy atom. The molecule has 0 spiro atoms. The lowest BCUT2D eigenvalue weighted by atomic mass is 10.2. The zero-order chi connectivity index (χ0) is 12.3. The Morgan fingerprint density at radius 1 is 1.35 bits per heavy atom. The van der Waals surface area contributed by atoms with E-state index in [1.54, 1.807) is 6.20 Å². The maximum Gasteiger partial charge on any atom is 0.332 e. The minimum Gasteiger partial charge on any atom is -0.462 e. The van der Waals surface area contributed by atoms with Crippen LogP contribution in [0, 0.1) is 0 Å². The Kier molecular flexibility index (Phi) is 6.55. The van der Waals surface area contributed by atoms with Crippen LogP contribution in [-0.2, 0) is 16.1 Å². The zero-order valence-corrected chi connectivity index (χ0v) is 9.92. The van der Waals surface area contributed by atoms with Gasteiger partial charge in [0, 0.05) is 31.2 Å². The fourth-order valence-corrected chi connectivity index (χ4v) is 1.47. The van der Waals surface area contributed by atoms with Crippen LogP contribution in [0.5, 0.6) is 0 Å². The van der Waals surface area contributed by atoms with Gasteiger partial charge in [0.2, 0.25) is 0 Å². The van der Waals surface area contributed by atoms with Gasteiger partial charge in [0.15, 0.2) is 0 Å². The summed E-state index contributed by atoms with van der Waals surface area (Å²) in [5.74, 6) is -0.370. The van der Waals surface area contributed by atoms with Crippen LogP contribution in [0.15, 0.2) is 31.0 Å². The summed E-state index contributed by atoms with van der Waals surface area (Å²) < 4.78 is 6.98. The van der Waals surface area contributed by atoms with Gasteiger partial charge in [0.1, 0.15) is 0 Å². The molecule has 5 nitrogen and oxygen atoms in total. The summed E-state index contributed by atoms with van der Waals surface area (Å²) in [5.41, 5.74) is 5.06. The lowest BCUT2D eigenvalue weighted by Gasteiger charge is -2.03. The average molecular weight is 237 g/mol. The maximum absolute atomic E-state index is 10.9. The predicted octanol–water partition coefficient (Wildman–Crippen LogP) is 1.46. The molecule has 0 aromatic carbocycles. The van der Waals surface area contributed by atoms with E-state index in [1.165, 1.54) is 12.3 Å². The second-order valence-electron chi connectivity index (χ2n) is 3.74. The number of aryl methyl sites for hydroxylation is 1. The van der Waals surface area contributed by atoms with Crippen molar-refractivity contribution in [2.75, 3.05) is 6.61 Å². The lowest BCUT2D eigenvalue weighted by molar-refractivity contribution is -0.137. The van der Waals surface area contributed by atoms with E-state index in [0.29, 0.717) is 6.61 Å². The SMILES string of the molecule is N/C=C\C(=O)OCCCCCCn1ccnc1. The van der Waals surface area contributed by atoms with E-state index in [2.05, 4.69) is 9.55 Å². The highest BCUT2D eigenvalue weighted by Crippen LogP contribution is 2.02. The molecule has 1 rings (SSSR count). The fourth-order valence-electron chi connectivity index (χ4n) is 1.47. The molecule has 0 aliphatic carbocycles. The van der Waals surface area contributed by atoms with Crippen LogP contribution in [0.4, 0.5) is 0 Å². The number of ether oxygens (including phenoxy) is 1. The number of carbonyl (C=O) groups is 1. The number of hydrogen-bond donors (Lipinski definition) is 1. The first-order chi connectivity index (χ1) is 8.33. The smallest absolute Gasteiger partial charge is 0.332 e. The van der Waals surface area contributed by atoms with E-state index >= 15 is 0 Å². The van der Waals surface area contributed by atoms with Crippen molar-refractivity contribution in [3.05, 3.63) is 31.0 Å². The number of esters is 1. The van der Waals surface area contributed by atoms with Gasteiger partial charge >= 0.3 is 5.97 Å². The third kappa shape index (κ3) is 6.40. The summed E-state index contributed by atoms with van der Waals surface area (Å²) in [6.07, 6.45) is 12.2. The molecule has 0 aliphatic heterocycles. The zero-order valence-electron chi connectivity index (χ0n) is 9.92. The Morgan fingerprint density at radius 2 is 2.18 bits per heavy atom. The molecule has 0 amide bonds. The van der Waals surface area contributed by atoms with Crippen LogP contribution in [0.1, 0.15) is 25.7 Å². The topological polar surface area (TPSA) is 70.1 Å². The van der Waals surface area contributed by atoms with Crippen LogP contribution < -0.4 is 5.73 Å². The lowest BCUT2D eigenvalue weighted by Crippen LogP contribution is -2.03. The van der Waals surface area contributed by atoms with Crippen molar-refractivity contribution in [3.8, 4) is 0 Å². The quantitative estimate of drug-likeness (QED) is 0.422. The number of aromatic nitrogens is 2. The van der Waals surface area contributed by atoms with E-state index in [9.17, 15) is 4.79 Å². The first kappa shape index (κ1) is 13.3. The van der Waals surface area contributed by atoms with Crippen molar-refractivity contribution in [2.45, 2.75) is 32.2 Å². The van der Waals surface area contributed by atoms with Crippen molar-refractivity contribution in [3.63, 3.8) is 0 Å². The number of unbranched alkanes of at least 4 members (excludes halogenated alkanes) is 3. The fraction of sp³-hybridized carbons (Fsp3) is 0.500. The molecule has 0 atom stereocenters. The third-order valence-corrected chi connectivity index (χ3v) is 2.35. The number of nitrogens with two attached hydrogens (primary N) is 1. The molecule has 1 aromatic rings. The molecule has 2 N–H and O–H groups in total. The van der Waals surface area contributed by atoms with Crippen LogP contribution in [0.25, 0.3) is 0 Å². The highest BCUT2D eigenvalue weighted by molar-refractivity contribution is 5.81. The van der Waals surface area contributed by atoms with E-state index in [-0.39, 0.29) is 5.97 Å². The van der Waals surface area contributed by atoms with Crippen molar-refractivity contribution < 1.29 is 9.53 Å². The predicted molar refractivity (Wildman–Crippen MR) is 65.0 cm³/mol. The van der Waals surface area contributed by atoms with E-state index in [4.69, 9.17) is 10.5 Å². The largest absolute Gasteiger partial charge is 0.462 e. The molecular formula is C12H19N3O2. The second-order valence-corrected chi connectivity index (χ2v) is 3.74. The van der Waals surface area contributed by atoms with Crippen LogP contribution >= 0.6 is 0 Å². The Labute approximate surface area is 101 Å². The van der Waals surface area contributed by atoms with E-state index in [1.807, 2.05) is 12.5 Å². The van der Waals surface area contributed by atoms with Crippen LogP contribution in [0.2, 0.25) is 0 Å². The number of nitrogens with zero attached hydrogens (tertiary/aromatic N) is 2. The molecule has 0 bridgehead atoms.